The molecule has 0 saturated carbocycles. The van der Waals surface area contributed by atoms with Crippen LogP contribution in [0, 0.1) is 0 Å². The first-order chi connectivity index (χ1) is 12.5. The molecule has 0 aliphatic carbocycles. The van der Waals surface area contributed by atoms with E-state index < -0.39 is 17.7 Å². The number of fused-ring (bicyclic) bond motifs is 1. The van der Waals surface area contributed by atoms with Crippen LogP contribution in [0.3, 0.4) is 0 Å². The number of amides is 1. The number of carboxylic acids is 1. The smallest absolute Gasteiger partial charge is 0.328 e. The lowest BCUT2D eigenvalue weighted by Gasteiger charge is -2.43. The summed E-state index contributed by atoms with van der Waals surface area (Å²) in [5, 5.41) is 11.6. The molecule has 1 N–H and O–H groups in total. The van der Waals surface area contributed by atoms with E-state index in [0.717, 1.165) is 23.9 Å². The quantitative estimate of drug-likeness (QED) is 0.895. The number of aliphatic carboxylic acids is 1. The molecule has 136 valence electrons. The van der Waals surface area contributed by atoms with E-state index in [1.807, 2.05) is 43.4 Å². The molecule has 6 heteroatoms. The van der Waals surface area contributed by atoms with Crippen LogP contribution in [-0.2, 0) is 9.53 Å². The Morgan fingerprint density at radius 3 is 2.50 bits per heavy atom. The standard InChI is InChI=1S/C20H22N2O4/c1-21-10-8-20(9-11-21)22(17(13-26-20)19(24)25)18(23)16-7-6-14-4-2-3-5-15(14)12-16/h2-7,12,17H,8-11,13H2,1H3,(H,24,25)/t17-/m0/s1. The Balaban J connectivity index is 1.72. The van der Waals surface area contributed by atoms with Crippen LogP contribution >= 0.6 is 0 Å². The Morgan fingerprint density at radius 1 is 1.12 bits per heavy atom. The minimum Gasteiger partial charge on any atom is -0.480 e. The maximum atomic E-state index is 13.3. The SMILES string of the molecule is CN1CCC2(CC1)OC[C@@H](C(=O)O)N2C(=O)c1ccc2ccccc2c1. The second-order valence-corrected chi connectivity index (χ2v) is 7.15. The number of hydrogen-bond acceptors (Lipinski definition) is 4. The third-order valence-electron chi connectivity index (χ3n) is 5.53. The lowest BCUT2D eigenvalue weighted by Crippen LogP contribution is -2.57. The predicted molar refractivity (Wildman–Crippen MR) is 97.0 cm³/mol. The molecule has 1 atom stereocenters. The minimum absolute atomic E-state index is 0.0400. The average Bonchev–Trinajstić information content (AvgIpc) is 3.02. The maximum absolute atomic E-state index is 13.3. The van der Waals surface area contributed by atoms with Gasteiger partial charge in [0.15, 0.2) is 6.04 Å². The van der Waals surface area contributed by atoms with Crippen molar-refractivity contribution in [2.24, 2.45) is 0 Å². The molecule has 1 spiro atoms. The molecule has 2 heterocycles. The topological polar surface area (TPSA) is 70.1 Å². The Bertz CT molecular complexity index is 858. The van der Waals surface area contributed by atoms with E-state index in [1.165, 1.54) is 4.90 Å². The highest BCUT2D eigenvalue weighted by Gasteiger charge is 2.53. The molecule has 2 aliphatic heterocycles. The summed E-state index contributed by atoms with van der Waals surface area (Å²) >= 11 is 0. The number of piperidine rings is 1. The number of carbonyl (C=O) groups excluding carboxylic acids is 1. The van der Waals surface area contributed by atoms with Gasteiger partial charge in [0, 0.05) is 31.5 Å². The first kappa shape index (κ1) is 17.0. The van der Waals surface area contributed by atoms with Gasteiger partial charge in [-0.2, -0.15) is 0 Å². The van der Waals surface area contributed by atoms with Gasteiger partial charge in [-0.25, -0.2) is 4.79 Å². The molecular weight excluding hydrogens is 332 g/mol. The fraction of sp³-hybridized carbons (Fsp3) is 0.400. The molecule has 26 heavy (non-hydrogen) atoms. The van der Waals surface area contributed by atoms with Crippen LogP contribution in [0.15, 0.2) is 42.5 Å². The highest BCUT2D eigenvalue weighted by molar-refractivity contribution is 6.00. The largest absolute Gasteiger partial charge is 0.480 e. The van der Waals surface area contributed by atoms with Crippen LogP contribution in [0.1, 0.15) is 23.2 Å². The molecule has 2 fully saturated rings. The van der Waals surface area contributed by atoms with E-state index in [9.17, 15) is 14.7 Å². The van der Waals surface area contributed by atoms with E-state index in [0.29, 0.717) is 18.4 Å². The summed E-state index contributed by atoms with van der Waals surface area (Å²) in [4.78, 5) is 28.7. The Labute approximate surface area is 152 Å². The first-order valence-corrected chi connectivity index (χ1v) is 8.88. The zero-order chi connectivity index (χ0) is 18.3. The minimum atomic E-state index is -1.02. The number of likely N-dealkylation sites (tertiary alicyclic amines) is 1. The highest BCUT2D eigenvalue weighted by Crippen LogP contribution is 2.38. The summed E-state index contributed by atoms with van der Waals surface area (Å²) in [5.41, 5.74) is -0.322. The number of carbonyl (C=O) groups is 2. The molecule has 0 radical (unpaired) electrons. The van der Waals surface area contributed by atoms with E-state index >= 15 is 0 Å². The van der Waals surface area contributed by atoms with Gasteiger partial charge >= 0.3 is 5.97 Å². The number of hydrogen-bond donors (Lipinski definition) is 1. The van der Waals surface area contributed by atoms with Gasteiger partial charge in [-0.05, 0) is 30.0 Å². The third kappa shape index (κ3) is 2.75. The van der Waals surface area contributed by atoms with Crippen LogP contribution in [0.2, 0.25) is 0 Å². The highest BCUT2D eigenvalue weighted by atomic mass is 16.5. The molecular formula is C20H22N2O4. The summed E-state index contributed by atoms with van der Waals surface area (Å²) in [6, 6.07) is 12.4. The van der Waals surface area contributed by atoms with Gasteiger partial charge in [-0.3, -0.25) is 9.69 Å². The number of nitrogens with zero attached hydrogens (tertiary/aromatic N) is 2. The lowest BCUT2D eigenvalue weighted by atomic mass is 9.96. The number of rotatable bonds is 2. The van der Waals surface area contributed by atoms with Crippen molar-refractivity contribution >= 4 is 22.6 Å². The zero-order valence-electron chi connectivity index (χ0n) is 14.7. The molecule has 4 rings (SSSR count). The van der Waals surface area contributed by atoms with Crippen LogP contribution < -0.4 is 0 Å². The fourth-order valence-corrected chi connectivity index (χ4v) is 3.99. The van der Waals surface area contributed by atoms with Gasteiger partial charge in [0.1, 0.15) is 5.72 Å². The Kier molecular flexibility index (Phi) is 4.17. The fourth-order valence-electron chi connectivity index (χ4n) is 3.99. The van der Waals surface area contributed by atoms with E-state index in [1.54, 1.807) is 6.07 Å². The monoisotopic (exact) mass is 354 g/mol. The Hall–Kier alpha value is -2.44. The summed E-state index contributed by atoms with van der Waals surface area (Å²) in [6.07, 6.45) is 1.24. The molecule has 0 bridgehead atoms. The van der Waals surface area contributed by atoms with E-state index in [2.05, 4.69) is 4.90 Å². The van der Waals surface area contributed by atoms with Crippen molar-refractivity contribution in [3.8, 4) is 0 Å². The third-order valence-corrected chi connectivity index (χ3v) is 5.53. The number of carboxylic acid groups (broad SMARTS) is 1. The number of benzene rings is 2. The van der Waals surface area contributed by atoms with Crippen molar-refractivity contribution < 1.29 is 19.4 Å². The Morgan fingerprint density at radius 2 is 1.81 bits per heavy atom. The first-order valence-electron chi connectivity index (χ1n) is 8.88. The zero-order valence-corrected chi connectivity index (χ0v) is 14.7. The molecule has 2 aromatic rings. The van der Waals surface area contributed by atoms with Gasteiger partial charge in [-0.1, -0.05) is 30.3 Å². The van der Waals surface area contributed by atoms with Gasteiger partial charge in [0.2, 0.25) is 0 Å². The van der Waals surface area contributed by atoms with Crippen molar-refractivity contribution in [3.63, 3.8) is 0 Å². The average molecular weight is 354 g/mol. The van der Waals surface area contributed by atoms with Gasteiger partial charge in [-0.15, -0.1) is 0 Å². The van der Waals surface area contributed by atoms with Crippen molar-refractivity contribution in [1.82, 2.24) is 9.80 Å². The van der Waals surface area contributed by atoms with E-state index in [-0.39, 0.29) is 12.5 Å². The van der Waals surface area contributed by atoms with Crippen LogP contribution in [0.4, 0.5) is 0 Å². The molecule has 2 aliphatic rings. The van der Waals surface area contributed by atoms with Gasteiger partial charge in [0.05, 0.1) is 6.61 Å². The van der Waals surface area contributed by atoms with Crippen molar-refractivity contribution in [1.29, 1.82) is 0 Å². The van der Waals surface area contributed by atoms with Crippen LogP contribution in [0.5, 0.6) is 0 Å². The van der Waals surface area contributed by atoms with Gasteiger partial charge in [0.25, 0.3) is 5.91 Å². The summed E-state index contributed by atoms with van der Waals surface area (Å²) < 4.78 is 5.94. The van der Waals surface area contributed by atoms with E-state index in [4.69, 9.17) is 4.74 Å². The molecule has 6 nitrogen and oxygen atoms in total. The van der Waals surface area contributed by atoms with Crippen molar-refractivity contribution in [2.75, 3.05) is 26.7 Å². The molecule has 1 amide bonds. The van der Waals surface area contributed by atoms with Crippen LogP contribution in [-0.4, -0.2) is 65.3 Å². The summed E-state index contributed by atoms with van der Waals surface area (Å²) in [7, 11) is 2.02. The number of ether oxygens (including phenoxy) is 1. The second-order valence-electron chi connectivity index (χ2n) is 7.15. The van der Waals surface area contributed by atoms with Gasteiger partial charge < -0.3 is 14.7 Å². The maximum Gasteiger partial charge on any atom is 0.328 e. The summed E-state index contributed by atoms with van der Waals surface area (Å²) in [6.45, 7) is 1.58. The lowest BCUT2D eigenvalue weighted by molar-refractivity contribution is -0.143. The summed E-state index contributed by atoms with van der Waals surface area (Å²) in [5.74, 6) is -1.29. The predicted octanol–water partition coefficient (Wildman–Crippen LogP) is 2.19. The van der Waals surface area contributed by atoms with Crippen LogP contribution in [0.25, 0.3) is 10.8 Å². The molecule has 0 unspecified atom stereocenters. The molecule has 2 aromatic carbocycles. The van der Waals surface area contributed by atoms with Crippen molar-refractivity contribution in [3.05, 3.63) is 48.0 Å². The normalized spacial score (nSPS) is 22.8. The van der Waals surface area contributed by atoms with Crippen molar-refractivity contribution in [2.45, 2.75) is 24.6 Å². The molecule has 2 saturated heterocycles. The second kappa shape index (κ2) is 6.37. The molecule has 0 aromatic heterocycles.